The molecule has 0 aliphatic rings. The lowest BCUT2D eigenvalue weighted by Gasteiger charge is -2.13. The minimum Gasteiger partial charge on any atom is -0.496 e. The maximum Gasteiger partial charge on any atom is 0.138 e. The predicted molar refractivity (Wildman–Crippen MR) is 92.7 cm³/mol. The van der Waals surface area contributed by atoms with Crippen LogP contribution in [0.1, 0.15) is 22.5 Å². The van der Waals surface area contributed by atoms with E-state index >= 15 is 4.39 Å². The number of nitriles is 1. The van der Waals surface area contributed by atoms with Crippen LogP contribution in [0.25, 0.3) is 11.1 Å². The van der Waals surface area contributed by atoms with Crippen LogP contribution in [0.5, 0.6) is 5.75 Å². The third-order valence-corrected chi connectivity index (χ3v) is 3.91. The Morgan fingerprint density at radius 3 is 2.60 bits per heavy atom. The average molecular weight is 333 g/mol. The van der Waals surface area contributed by atoms with E-state index in [1.807, 2.05) is 0 Å². The fraction of sp³-hybridized carbons (Fsp3) is 0.150. The molecule has 0 aliphatic heterocycles. The molecule has 0 saturated carbocycles. The summed E-state index contributed by atoms with van der Waals surface area (Å²) < 4.78 is 20.5. The monoisotopic (exact) mass is 333 g/mol. The zero-order valence-corrected chi connectivity index (χ0v) is 14.0. The Morgan fingerprint density at radius 2 is 1.92 bits per heavy atom. The molecule has 3 rings (SSSR count). The number of methoxy groups -OCH3 is 1. The Labute approximate surface area is 145 Å². The summed E-state index contributed by atoms with van der Waals surface area (Å²) >= 11 is 0. The summed E-state index contributed by atoms with van der Waals surface area (Å²) in [7, 11) is 1.50. The second-order valence-corrected chi connectivity index (χ2v) is 5.62. The lowest BCUT2D eigenvalue weighted by atomic mass is 9.97. The topological polar surface area (TPSA) is 58.8 Å². The van der Waals surface area contributed by atoms with Gasteiger partial charge in [0.25, 0.3) is 0 Å². The van der Waals surface area contributed by atoms with Crippen molar-refractivity contribution in [2.24, 2.45) is 0 Å². The zero-order chi connectivity index (χ0) is 17.8. The van der Waals surface area contributed by atoms with Crippen LogP contribution in [0.3, 0.4) is 0 Å². The number of rotatable bonds is 4. The van der Waals surface area contributed by atoms with Gasteiger partial charge in [0.05, 0.1) is 24.3 Å². The number of hydrogen-bond acceptors (Lipinski definition) is 4. The highest BCUT2D eigenvalue weighted by Gasteiger charge is 2.17. The molecular weight excluding hydrogens is 317 g/mol. The summed E-state index contributed by atoms with van der Waals surface area (Å²) in [5.41, 5.74) is 2.77. The molecule has 4 nitrogen and oxygen atoms in total. The van der Waals surface area contributed by atoms with E-state index in [2.05, 4.69) is 16.0 Å². The number of nitrogens with zero attached hydrogens (tertiary/aromatic N) is 3. The predicted octanol–water partition coefficient (Wildman–Crippen LogP) is 4.06. The van der Waals surface area contributed by atoms with Crippen LogP contribution in [-0.2, 0) is 6.42 Å². The molecule has 1 aromatic heterocycles. The van der Waals surface area contributed by atoms with E-state index in [1.54, 1.807) is 55.7 Å². The van der Waals surface area contributed by atoms with E-state index in [-0.39, 0.29) is 5.82 Å². The van der Waals surface area contributed by atoms with Crippen LogP contribution in [0.4, 0.5) is 4.39 Å². The molecule has 0 unspecified atom stereocenters. The van der Waals surface area contributed by atoms with E-state index in [4.69, 9.17) is 10.00 Å². The van der Waals surface area contributed by atoms with Gasteiger partial charge in [-0.2, -0.15) is 5.26 Å². The van der Waals surface area contributed by atoms with Crippen molar-refractivity contribution in [3.63, 3.8) is 0 Å². The van der Waals surface area contributed by atoms with Crippen LogP contribution in [0.15, 0.2) is 48.8 Å². The molecule has 0 saturated heterocycles. The zero-order valence-electron chi connectivity index (χ0n) is 14.0. The summed E-state index contributed by atoms with van der Waals surface area (Å²) in [6.07, 6.45) is 3.77. The van der Waals surface area contributed by atoms with Gasteiger partial charge < -0.3 is 4.74 Å². The molecule has 0 bridgehead atoms. The van der Waals surface area contributed by atoms with Crippen molar-refractivity contribution < 1.29 is 9.13 Å². The lowest BCUT2D eigenvalue weighted by Crippen LogP contribution is -2.00. The minimum absolute atomic E-state index is 0.352. The highest BCUT2D eigenvalue weighted by molar-refractivity contribution is 5.73. The Bertz CT molecular complexity index is 946. The van der Waals surface area contributed by atoms with Gasteiger partial charge in [0.15, 0.2) is 0 Å². The van der Waals surface area contributed by atoms with Gasteiger partial charge in [-0.05, 0) is 41.8 Å². The largest absolute Gasteiger partial charge is 0.496 e. The fourth-order valence-corrected chi connectivity index (χ4v) is 2.65. The highest BCUT2D eigenvalue weighted by Crippen LogP contribution is 2.35. The van der Waals surface area contributed by atoms with Crippen LogP contribution < -0.4 is 4.74 Å². The first-order valence-corrected chi connectivity index (χ1v) is 7.76. The van der Waals surface area contributed by atoms with Gasteiger partial charge in [-0.1, -0.05) is 18.2 Å². The maximum absolute atomic E-state index is 15.2. The summed E-state index contributed by atoms with van der Waals surface area (Å²) in [6, 6.07) is 12.3. The first kappa shape index (κ1) is 16.6. The van der Waals surface area contributed by atoms with Gasteiger partial charge in [-0.25, -0.2) is 14.4 Å². The van der Waals surface area contributed by atoms with Gasteiger partial charge >= 0.3 is 0 Å². The summed E-state index contributed by atoms with van der Waals surface area (Å²) in [5.74, 6) is 0.736. The number of halogens is 1. The molecule has 0 radical (unpaired) electrons. The van der Waals surface area contributed by atoms with E-state index in [9.17, 15) is 0 Å². The van der Waals surface area contributed by atoms with Crippen LogP contribution in [0.2, 0.25) is 0 Å². The number of aryl methyl sites for hydroxylation is 1. The Morgan fingerprint density at radius 1 is 1.16 bits per heavy atom. The molecule has 0 atom stereocenters. The van der Waals surface area contributed by atoms with Gasteiger partial charge in [-0.3, -0.25) is 0 Å². The lowest BCUT2D eigenvalue weighted by molar-refractivity contribution is 0.413. The van der Waals surface area contributed by atoms with E-state index in [1.165, 1.54) is 7.11 Å². The van der Waals surface area contributed by atoms with Crippen molar-refractivity contribution in [2.75, 3.05) is 7.11 Å². The SMILES string of the molecule is COc1ccc(Cc2cnc(C)nc2)c(F)c1-c1cccc(C#N)c1. The normalized spacial score (nSPS) is 10.3. The number of ether oxygens (including phenoxy) is 1. The smallest absolute Gasteiger partial charge is 0.138 e. The van der Waals surface area contributed by atoms with Crippen molar-refractivity contribution in [3.05, 3.63) is 77.1 Å². The molecule has 0 amide bonds. The van der Waals surface area contributed by atoms with Crippen molar-refractivity contribution in [1.82, 2.24) is 9.97 Å². The molecule has 124 valence electrons. The van der Waals surface area contributed by atoms with Gasteiger partial charge in [0, 0.05) is 18.8 Å². The Kier molecular flexibility index (Phi) is 4.71. The van der Waals surface area contributed by atoms with Crippen LogP contribution in [0, 0.1) is 24.1 Å². The first-order valence-electron chi connectivity index (χ1n) is 7.76. The molecule has 2 aromatic carbocycles. The minimum atomic E-state index is -0.366. The first-order chi connectivity index (χ1) is 12.1. The molecule has 0 N–H and O–H groups in total. The standard InChI is InChI=1S/C20H16FN3O/c1-13-23-11-15(12-24-13)9-17-6-7-18(25-2)19(20(17)21)16-5-3-4-14(8-16)10-22/h3-8,11-12H,9H2,1-2H3. The van der Waals surface area contributed by atoms with E-state index < -0.39 is 0 Å². The number of hydrogen-bond donors (Lipinski definition) is 0. The molecule has 0 fully saturated rings. The highest BCUT2D eigenvalue weighted by atomic mass is 19.1. The van der Waals surface area contributed by atoms with E-state index in [0.29, 0.717) is 40.2 Å². The van der Waals surface area contributed by atoms with Crippen molar-refractivity contribution >= 4 is 0 Å². The second-order valence-electron chi connectivity index (χ2n) is 5.62. The molecule has 1 heterocycles. The summed E-state index contributed by atoms with van der Waals surface area (Å²) in [6.45, 7) is 1.80. The number of benzene rings is 2. The van der Waals surface area contributed by atoms with Crippen molar-refractivity contribution in [1.29, 1.82) is 5.26 Å². The quantitative estimate of drug-likeness (QED) is 0.722. The molecule has 3 aromatic rings. The molecule has 5 heteroatoms. The third kappa shape index (κ3) is 3.48. The van der Waals surface area contributed by atoms with Crippen LogP contribution >= 0.6 is 0 Å². The fourth-order valence-electron chi connectivity index (χ4n) is 2.65. The molecule has 25 heavy (non-hydrogen) atoms. The second kappa shape index (κ2) is 7.10. The molecule has 0 aliphatic carbocycles. The van der Waals surface area contributed by atoms with Gasteiger partial charge in [0.1, 0.15) is 17.4 Å². The van der Waals surface area contributed by atoms with Gasteiger partial charge in [0.2, 0.25) is 0 Å². The van der Waals surface area contributed by atoms with Crippen LogP contribution in [-0.4, -0.2) is 17.1 Å². The summed E-state index contributed by atoms with van der Waals surface area (Å²) in [5, 5.41) is 9.09. The van der Waals surface area contributed by atoms with E-state index in [0.717, 1.165) is 5.56 Å². The third-order valence-electron chi connectivity index (χ3n) is 3.91. The number of aromatic nitrogens is 2. The molecular formula is C20H16FN3O. The molecule has 0 spiro atoms. The van der Waals surface area contributed by atoms with Crippen molar-refractivity contribution in [3.8, 4) is 22.9 Å². The summed E-state index contributed by atoms with van der Waals surface area (Å²) in [4.78, 5) is 8.30. The van der Waals surface area contributed by atoms with Crippen molar-refractivity contribution in [2.45, 2.75) is 13.3 Å². The maximum atomic E-state index is 15.2. The Balaban J connectivity index is 2.08. The average Bonchev–Trinajstić information content (AvgIpc) is 2.65. The van der Waals surface area contributed by atoms with Gasteiger partial charge in [-0.15, -0.1) is 0 Å². The Hall–Kier alpha value is -3.26.